The van der Waals surface area contributed by atoms with Gasteiger partial charge in [-0.15, -0.1) is 0 Å². The van der Waals surface area contributed by atoms with Gasteiger partial charge >= 0.3 is 0 Å². The van der Waals surface area contributed by atoms with Gasteiger partial charge in [-0.3, -0.25) is 0 Å². The molecule has 0 bridgehead atoms. The standard InChI is InChI=1S/C19H30N2O2/c1-5-12-21(6-2)13-7-14-22-17-10-8-16(9-11-17)18-20-19(3,4)15-23-18/h8-11H,5-7,12-15H2,1-4H3. The van der Waals surface area contributed by atoms with Crippen LogP contribution in [-0.4, -0.2) is 49.2 Å². The number of hydrogen-bond acceptors (Lipinski definition) is 4. The summed E-state index contributed by atoms with van der Waals surface area (Å²) in [5.74, 6) is 1.64. The van der Waals surface area contributed by atoms with Gasteiger partial charge in [0, 0.05) is 12.1 Å². The first-order valence-corrected chi connectivity index (χ1v) is 8.72. The average Bonchev–Trinajstić information content (AvgIpc) is 2.91. The normalized spacial score (nSPS) is 16.3. The summed E-state index contributed by atoms with van der Waals surface area (Å²) in [4.78, 5) is 7.05. The van der Waals surface area contributed by atoms with Crippen molar-refractivity contribution in [2.75, 3.05) is 32.8 Å². The maximum absolute atomic E-state index is 5.83. The topological polar surface area (TPSA) is 34.1 Å². The summed E-state index contributed by atoms with van der Waals surface area (Å²) >= 11 is 0. The first-order valence-electron chi connectivity index (χ1n) is 8.72. The molecule has 0 aliphatic carbocycles. The third-order valence-corrected chi connectivity index (χ3v) is 3.94. The van der Waals surface area contributed by atoms with E-state index in [0.29, 0.717) is 6.61 Å². The minimum atomic E-state index is -0.117. The Morgan fingerprint density at radius 2 is 1.91 bits per heavy atom. The molecule has 1 aromatic carbocycles. The zero-order chi connectivity index (χ0) is 16.7. The molecule has 0 saturated carbocycles. The van der Waals surface area contributed by atoms with Crippen LogP contribution in [0.5, 0.6) is 5.75 Å². The molecule has 4 nitrogen and oxygen atoms in total. The highest BCUT2D eigenvalue weighted by atomic mass is 16.5. The lowest BCUT2D eigenvalue weighted by Gasteiger charge is -2.19. The van der Waals surface area contributed by atoms with E-state index in [4.69, 9.17) is 9.47 Å². The Hall–Kier alpha value is -1.55. The summed E-state index contributed by atoms with van der Waals surface area (Å²) in [6.07, 6.45) is 2.26. The summed E-state index contributed by atoms with van der Waals surface area (Å²) in [6, 6.07) is 8.03. The zero-order valence-electron chi connectivity index (χ0n) is 15.0. The number of rotatable bonds is 9. The van der Waals surface area contributed by atoms with Gasteiger partial charge in [-0.05, 0) is 64.0 Å². The van der Waals surface area contributed by atoms with Crippen LogP contribution >= 0.6 is 0 Å². The molecule has 0 unspecified atom stereocenters. The van der Waals surface area contributed by atoms with Gasteiger partial charge < -0.3 is 14.4 Å². The Kier molecular flexibility index (Phi) is 6.46. The van der Waals surface area contributed by atoms with E-state index in [1.807, 2.05) is 24.3 Å². The predicted molar refractivity (Wildman–Crippen MR) is 95.5 cm³/mol. The fraction of sp³-hybridized carbons (Fsp3) is 0.632. The minimum Gasteiger partial charge on any atom is -0.494 e. The average molecular weight is 318 g/mol. The van der Waals surface area contributed by atoms with Crippen molar-refractivity contribution in [2.24, 2.45) is 4.99 Å². The fourth-order valence-corrected chi connectivity index (χ4v) is 2.65. The fourth-order valence-electron chi connectivity index (χ4n) is 2.65. The van der Waals surface area contributed by atoms with Gasteiger partial charge in [-0.2, -0.15) is 0 Å². The molecule has 4 heteroatoms. The Labute approximate surface area is 140 Å². The molecule has 1 aliphatic rings. The highest BCUT2D eigenvalue weighted by Gasteiger charge is 2.26. The molecule has 0 aromatic heterocycles. The second-order valence-electron chi connectivity index (χ2n) is 6.68. The maximum Gasteiger partial charge on any atom is 0.216 e. The molecule has 2 rings (SSSR count). The van der Waals surface area contributed by atoms with Crippen molar-refractivity contribution in [3.8, 4) is 5.75 Å². The van der Waals surface area contributed by atoms with Crippen LogP contribution in [0.1, 0.15) is 46.1 Å². The van der Waals surface area contributed by atoms with Crippen LogP contribution in [0.3, 0.4) is 0 Å². The summed E-state index contributed by atoms with van der Waals surface area (Å²) in [5.41, 5.74) is 0.900. The largest absolute Gasteiger partial charge is 0.494 e. The zero-order valence-corrected chi connectivity index (χ0v) is 15.0. The molecule has 0 atom stereocenters. The van der Waals surface area contributed by atoms with Crippen LogP contribution in [0, 0.1) is 0 Å². The van der Waals surface area contributed by atoms with E-state index in [1.54, 1.807) is 0 Å². The number of ether oxygens (including phenoxy) is 2. The molecule has 128 valence electrons. The van der Waals surface area contributed by atoms with E-state index < -0.39 is 0 Å². The molecule has 1 aliphatic heterocycles. The Balaban J connectivity index is 1.77. The lowest BCUT2D eigenvalue weighted by molar-refractivity contribution is 0.242. The van der Waals surface area contributed by atoms with Crippen molar-refractivity contribution in [2.45, 2.75) is 46.1 Å². The van der Waals surface area contributed by atoms with Gasteiger partial charge in [0.2, 0.25) is 5.90 Å². The molecule has 1 heterocycles. The number of benzene rings is 1. The van der Waals surface area contributed by atoms with Crippen LogP contribution < -0.4 is 4.74 Å². The molecule has 0 saturated heterocycles. The number of nitrogens with zero attached hydrogens (tertiary/aromatic N) is 2. The molecule has 0 radical (unpaired) electrons. The van der Waals surface area contributed by atoms with Crippen LogP contribution in [0.15, 0.2) is 29.3 Å². The lowest BCUT2D eigenvalue weighted by Crippen LogP contribution is -2.26. The maximum atomic E-state index is 5.83. The summed E-state index contributed by atoms with van der Waals surface area (Å²) in [7, 11) is 0. The van der Waals surface area contributed by atoms with Gasteiger partial charge in [0.1, 0.15) is 12.4 Å². The Morgan fingerprint density at radius 1 is 1.17 bits per heavy atom. The third kappa shape index (κ3) is 5.54. The van der Waals surface area contributed by atoms with Crippen LogP contribution in [0.4, 0.5) is 0 Å². The van der Waals surface area contributed by atoms with Gasteiger partial charge in [0.05, 0.1) is 12.1 Å². The highest BCUT2D eigenvalue weighted by molar-refractivity contribution is 5.95. The first-order chi connectivity index (χ1) is 11.0. The molecule has 23 heavy (non-hydrogen) atoms. The molecule has 0 N–H and O–H groups in total. The van der Waals surface area contributed by atoms with E-state index in [0.717, 1.165) is 43.3 Å². The molecule has 0 spiro atoms. The van der Waals surface area contributed by atoms with Crippen molar-refractivity contribution in [1.29, 1.82) is 0 Å². The van der Waals surface area contributed by atoms with E-state index in [-0.39, 0.29) is 5.54 Å². The third-order valence-electron chi connectivity index (χ3n) is 3.94. The van der Waals surface area contributed by atoms with Crippen molar-refractivity contribution in [3.05, 3.63) is 29.8 Å². The second-order valence-corrected chi connectivity index (χ2v) is 6.68. The van der Waals surface area contributed by atoms with Gasteiger partial charge in [0.25, 0.3) is 0 Å². The van der Waals surface area contributed by atoms with E-state index in [2.05, 4.69) is 37.6 Å². The van der Waals surface area contributed by atoms with Crippen LogP contribution in [0.25, 0.3) is 0 Å². The SMILES string of the molecule is CCCN(CC)CCCOc1ccc(C2=NC(C)(C)CO2)cc1. The monoisotopic (exact) mass is 318 g/mol. The lowest BCUT2D eigenvalue weighted by atomic mass is 10.1. The van der Waals surface area contributed by atoms with Crippen molar-refractivity contribution in [3.63, 3.8) is 0 Å². The number of hydrogen-bond donors (Lipinski definition) is 0. The van der Waals surface area contributed by atoms with E-state index in [1.165, 1.54) is 13.0 Å². The van der Waals surface area contributed by atoms with Crippen molar-refractivity contribution >= 4 is 5.90 Å². The molecule has 0 fully saturated rings. The van der Waals surface area contributed by atoms with Crippen molar-refractivity contribution in [1.82, 2.24) is 4.90 Å². The summed E-state index contributed by atoms with van der Waals surface area (Å²) in [5, 5.41) is 0. The Bertz CT molecular complexity index is 509. The van der Waals surface area contributed by atoms with Crippen molar-refractivity contribution < 1.29 is 9.47 Å². The summed E-state index contributed by atoms with van der Waals surface area (Å²) in [6.45, 7) is 13.4. The highest BCUT2D eigenvalue weighted by Crippen LogP contribution is 2.22. The minimum absolute atomic E-state index is 0.117. The van der Waals surface area contributed by atoms with Gasteiger partial charge in [-0.25, -0.2) is 4.99 Å². The van der Waals surface area contributed by atoms with Crippen LogP contribution in [-0.2, 0) is 4.74 Å². The van der Waals surface area contributed by atoms with Gasteiger partial charge in [-0.1, -0.05) is 13.8 Å². The Morgan fingerprint density at radius 3 is 2.48 bits per heavy atom. The predicted octanol–water partition coefficient (Wildman–Crippen LogP) is 3.74. The molecule has 1 aromatic rings. The quantitative estimate of drug-likeness (QED) is 0.650. The van der Waals surface area contributed by atoms with E-state index >= 15 is 0 Å². The summed E-state index contributed by atoms with van der Waals surface area (Å²) < 4.78 is 11.5. The second kappa shape index (κ2) is 8.34. The van der Waals surface area contributed by atoms with Gasteiger partial charge in [0.15, 0.2) is 0 Å². The number of aliphatic imine (C=N–C) groups is 1. The molecular formula is C19H30N2O2. The molecular weight excluding hydrogens is 288 g/mol. The molecule has 0 amide bonds. The first kappa shape index (κ1) is 17.8. The van der Waals surface area contributed by atoms with E-state index in [9.17, 15) is 0 Å². The van der Waals surface area contributed by atoms with Crippen LogP contribution in [0.2, 0.25) is 0 Å². The smallest absolute Gasteiger partial charge is 0.216 e.